The Bertz CT molecular complexity index is 972. The number of aromatic nitrogens is 1. The predicted octanol–water partition coefficient (Wildman–Crippen LogP) is -2.34. The highest BCUT2D eigenvalue weighted by Crippen LogP contribution is 2.24. The van der Waals surface area contributed by atoms with E-state index >= 15 is 0 Å². The number of carboxylic acids is 1. The van der Waals surface area contributed by atoms with Crippen molar-refractivity contribution in [2.45, 2.75) is 12.1 Å². The first kappa shape index (κ1) is 22.0. The van der Waals surface area contributed by atoms with Crippen LogP contribution in [-0.4, -0.2) is 82.9 Å². The number of carbonyl (C=O) groups is 3. The first-order valence-corrected chi connectivity index (χ1v) is 9.66. The molecule has 15 nitrogen and oxygen atoms in total. The van der Waals surface area contributed by atoms with Gasteiger partial charge in [0.25, 0.3) is 11.8 Å². The number of nitrogens with two attached hydrogens (primary N) is 1. The summed E-state index contributed by atoms with van der Waals surface area (Å²) >= 11 is 1.01. The predicted molar refractivity (Wildman–Crippen MR) is 96.3 cm³/mol. The van der Waals surface area contributed by atoms with Gasteiger partial charge in [-0.1, -0.05) is 10.3 Å². The molecule has 1 aliphatic heterocycles. The lowest BCUT2D eigenvalue weighted by atomic mass is 9.99. The van der Waals surface area contributed by atoms with Crippen LogP contribution < -0.4 is 11.1 Å². The minimum atomic E-state index is -4.96. The highest BCUT2D eigenvalue weighted by Gasteiger charge is 2.54. The number of rotatable bonds is 9. The summed E-state index contributed by atoms with van der Waals surface area (Å²) in [5.74, 6) is -3.55. The summed E-state index contributed by atoms with van der Waals surface area (Å²) in [6.07, 6.45) is 0.377. The monoisotopic (exact) mass is 450 g/mol. The molecule has 2 rings (SSSR count). The van der Waals surface area contributed by atoms with E-state index in [4.69, 9.17) is 15.4 Å². The normalized spacial score (nSPS) is 19.7. The molecule has 0 aromatic carbocycles. The van der Waals surface area contributed by atoms with Crippen LogP contribution >= 0.6 is 11.3 Å². The maximum atomic E-state index is 12.5. The second kappa shape index (κ2) is 8.80. The van der Waals surface area contributed by atoms with Gasteiger partial charge in [0.1, 0.15) is 31.5 Å². The molecule has 29 heavy (non-hydrogen) atoms. The summed E-state index contributed by atoms with van der Waals surface area (Å²) in [5.41, 5.74) is 5.20. The Labute approximate surface area is 166 Å². The molecule has 17 heteroatoms. The number of nitrogens with zero attached hydrogens (tertiary/aromatic N) is 4. The van der Waals surface area contributed by atoms with Gasteiger partial charge in [-0.05, 0) is 0 Å². The van der Waals surface area contributed by atoms with Crippen molar-refractivity contribution < 1.29 is 42.1 Å². The number of aliphatic carboxylic acids is 1. The number of nitrogen functional groups attached to an aromatic ring is 1. The molecule has 0 radical (unpaired) electrons. The highest BCUT2D eigenvalue weighted by molar-refractivity contribution is 7.84. The molecule has 0 aliphatic carbocycles. The molecule has 2 atom stereocenters. The van der Waals surface area contributed by atoms with Crippen molar-refractivity contribution in [1.29, 1.82) is 0 Å². The summed E-state index contributed by atoms with van der Waals surface area (Å²) in [4.78, 5) is 48.0. The van der Waals surface area contributed by atoms with Crippen molar-refractivity contribution in [2.75, 3.05) is 19.5 Å². The molecule has 1 aliphatic rings. The van der Waals surface area contributed by atoms with E-state index in [1.165, 1.54) is 5.38 Å². The van der Waals surface area contributed by atoms with E-state index in [1.807, 2.05) is 0 Å². The Morgan fingerprint density at radius 3 is 2.72 bits per heavy atom. The maximum absolute atomic E-state index is 12.5. The van der Waals surface area contributed by atoms with Crippen molar-refractivity contribution in [1.82, 2.24) is 14.6 Å². The maximum Gasteiger partial charge on any atom is 0.362 e. The zero-order chi connectivity index (χ0) is 21.8. The zero-order valence-corrected chi connectivity index (χ0v) is 16.1. The van der Waals surface area contributed by atoms with Gasteiger partial charge in [-0.3, -0.25) is 14.1 Å². The van der Waals surface area contributed by atoms with E-state index in [0.717, 1.165) is 18.4 Å². The van der Waals surface area contributed by atoms with Gasteiger partial charge in [-0.2, -0.15) is 8.42 Å². The third-order valence-corrected chi connectivity index (χ3v) is 4.97. The van der Waals surface area contributed by atoms with Crippen molar-refractivity contribution in [3.05, 3.63) is 11.1 Å². The van der Waals surface area contributed by atoms with Gasteiger partial charge in [-0.15, -0.1) is 11.3 Å². The van der Waals surface area contributed by atoms with Crippen molar-refractivity contribution >= 4 is 56.5 Å². The quantitative estimate of drug-likeness (QED) is 0.135. The van der Waals surface area contributed by atoms with E-state index < -0.39 is 46.8 Å². The van der Waals surface area contributed by atoms with E-state index in [0.29, 0.717) is 6.21 Å². The molecule has 1 aromatic rings. The number of thiazole rings is 1. The van der Waals surface area contributed by atoms with Gasteiger partial charge >= 0.3 is 16.3 Å². The number of oxime groups is 2. The van der Waals surface area contributed by atoms with Gasteiger partial charge in [0.15, 0.2) is 17.1 Å². The minimum Gasteiger partial charge on any atom is -0.477 e. The van der Waals surface area contributed by atoms with E-state index in [1.54, 1.807) is 0 Å². The Kier molecular flexibility index (Phi) is 6.67. The fraction of sp³-hybridized carbons (Fsp3) is 0.333. The number of hydrogen-bond acceptors (Lipinski definition) is 12. The molecule has 5 N–H and O–H groups in total. The summed E-state index contributed by atoms with van der Waals surface area (Å²) in [7, 11) is -3.80. The van der Waals surface area contributed by atoms with E-state index in [9.17, 15) is 22.8 Å². The average Bonchev–Trinajstić information content (AvgIpc) is 3.04. The van der Waals surface area contributed by atoms with Crippen LogP contribution in [0.5, 0.6) is 0 Å². The van der Waals surface area contributed by atoms with Crippen LogP contribution in [0.15, 0.2) is 15.7 Å². The number of hydrogen-bond donors (Lipinski definition) is 4. The standard InChI is InChI=1S/C12H14N6O9S2/c1-26-17-8(5-4-28-12(13)15-5)10(21)16-9-6(3-27-14-2-7(19)20)18(11(9)22)29(23,24)25/h2,4,6,9H,3H2,1H3,(H2,13,15)(H,16,21)(H,19,20)(H,23,24,25)/b14-2-,17-8-. The molecule has 0 saturated carbocycles. The van der Waals surface area contributed by atoms with Gasteiger partial charge in [-0.25, -0.2) is 14.1 Å². The number of amides is 2. The Balaban J connectivity index is 2.19. The largest absolute Gasteiger partial charge is 0.477 e. The lowest BCUT2D eigenvalue weighted by Crippen LogP contribution is -2.73. The Morgan fingerprint density at radius 1 is 1.52 bits per heavy atom. The third kappa shape index (κ3) is 5.15. The number of anilines is 1. The fourth-order valence-electron chi connectivity index (χ4n) is 2.23. The topological polar surface area (TPSA) is 223 Å². The highest BCUT2D eigenvalue weighted by atomic mass is 32.2. The van der Waals surface area contributed by atoms with Gasteiger partial charge < -0.3 is 25.8 Å². The molecule has 1 aromatic heterocycles. The third-order valence-electron chi connectivity index (χ3n) is 3.35. The molecule has 1 saturated heterocycles. The summed E-state index contributed by atoms with van der Waals surface area (Å²) in [6, 6.07) is -2.86. The van der Waals surface area contributed by atoms with Crippen LogP contribution in [0.4, 0.5) is 5.13 Å². The Hall–Kier alpha value is -3.31. The SMILES string of the molecule is CO/N=C(\C(=O)NC1C(=O)N(S(=O)(=O)O)C1CO/N=C\C(=O)O)c1csc(N)n1. The van der Waals surface area contributed by atoms with Gasteiger partial charge in [0.2, 0.25) is 0 Å². The molecule has 1 fully saturated rings. The number of carbonyl (C=O) groups excluding carboxylic acids is 2. The first-order valence-electron chi connectivity index (χ1n) is 7.38. The first-order chi connectivity index (χ1) is 13.6. The Morgan fingerprint density at radius 2 is 2.21 bits per heavy atom. The minimum absolute atomic E-state index is 0.0455. The molecule has 0 bridgehead atoms. The second-order valence-corrected chi connectivity index (χ2v) is 7.37. The molecule has 2 amide bonds. The number of carboxylic acid groups (broad SMARTS) is 1. The van der Waals surface area contributed by atoms with Crippen LogP contribution in [-0.2, 0) is 34.4 Å². The van der Waals surface area contributed by atoms with Crippen LogP contribution in [0, 0.1) is 0 Å². The lowest BCUT2D eigenvalue weighted by molar-refractivity contribution is -0.147. The summed E-state index contributed by atoms with van der Waals surface area (Å²) in [6.45, 7) is -0.652. The van der Waals surface area contributed by atoms with Crippen molar-refractivity contribution in [3.8, 4) is 0 Å². The number of β-lactam (4-membered cyclic amide) rings is 1. The zero-order valence-electron chi connectivity index (χ0n) is 14.5. The van der Waals surface area contributed by atoms with E-state index in [2.05, 4.69) is 30.3 Å². The van der Waals surface area contributed by atoms with E-state index in [-0.39, 0.29) is 20.8 Å². The molecule has 158 valence electrons. The fourth-order valence-corrected chi connectivity index (χ4v) is 3.64. The summed E-state index contributed by atoms with van der Waals surface area (Å²) in [5, 5.41) is 18.8. The smallest absolute Gasteiger partial charge is 0.362 e. The molecule has 2 heterocycles. The van der Waals surface area contributed by atoms with Crippen LogP contribution in [0.2, 0.25) is 0 Å². The number of nitrogens with one attached hydrogen (secondary N) is 1. The van der Waals surface area contributed by atoms with Crippen LogP contribution in [0.25, 0.3) is 0 Å². The van der Waals surface area contributed by atoms with Gasteiger partial charge in [0, 0.05) is 5.38 Å². The van der Waals surface area contributed by atoms with Crippen molar-refractivity contribution in [3.63, 3.8) is 0 Å². The van der Waals surface area contributed by atoms with Crippen LogP contribution in [0.3, 0.4) is 0 Å². The molecular formula is C12H14N6O9S2. The average molecular weight is 450 g/mol. The molecular weight excluding hydrogens is 436 g/mol. The van der Waals surface area contributed by atoms with Crippen LogP contribution in [0.1, 0.15) is 5.69 Å². The second-order valence-electron chi connectivity index (χ2n) is 5.19. The van der Waals surface area contributed by atoms with Gasteiger partial charge in [0.05, 0.1) is 0 Å². The van der Waals surface area contributed by atoms with Crippen molar-refractivity contribution in [2.24, 2.45) is 10.3 Å². The summed E-state index contributed by atoms with van der Waals surface area (Å²) < 4.78 is 31.9. The lowest BCUT2D eigenvalue weighted by Gasteiger charge is -2.43. The molecule has 2 unspecified atom stereocenters. The molecule has 0 spiro atoms.